The molecule has 0 radical (unpaired) electrons. The second-order valence-corrected chi connectivity index (χ2v) is 8.52. The average Bonchev–Trinajstić information content (AvgIpc) is 3.27. The Morgan fingerprint density at radius 1 is 1.00 bits per heavy atom. The fourth-order valence-electron chi connectivity index (χ4n) is 3.25. The maximum absolute atomic E-state index is 12.7. The maximum atomic E-state index is 12.7. The molecule has 2 nitrogen and oxygen atoms in total. The van der Waals surface area contributed by atoms with Gasteiger partial charge in [0.15, 0.2) is 0 Å². The summed E-state index contributed by atoms with van der Waals surface area (Å²) in [7, 11) is 0. The van der Waals surface area contributed by atoms with Gasteiger partial charge in [0.05, 0.1) is 16.8 Å². The molecule has 4 rings (SSSR count). The highest BCUT2D eigenvalue weighted by molar-refractivity contribution is 7.98. The summed E-state index contributed by atoms with van der Waals surface area (Å²) >= 11 is 3.31. The molecule has 2 aromatic carbocycles. The summed E-state index contributed by atoms with van der Waals surface area (Å²) in [4.78, 5) is 6.09. The molecular formula is C23H19F3N2S2. The van der Waals surface area contributed by atoms with Crippen molar-refractivity contribution in [2.45, 2.75) is 24.2 Å². The zero-order chi connectivity index (χ0) is 21.1. The molecule has 0 amide bonds. The molecular weight excluding hydrogens is 425 g/mol. The first-order valence-corrected chi connectivity index (χ1v) is 11.5. The molecule has 1 N–H and O–H groups in total. The highest BCUT2D eigenvalue weighted by atomic mass is 32.2. The molecule has 4 aromatic rings. The number of nitrogens with zero attached hydrogens (tertiary/aromatic N) is 1. The zero-order valence-corrected chi connectivity index (χ0v) is 17.8. The predicted octanol–water partition coefficient (Wildman–Crippen LogP) is 6.99. The second-order valence-electron chi connectivity index (χ2n) is 6.86. The van der Waals surface area contributed by atoms with E-state index in [4.69, 9.17) is 4.98 Å². The van der Waals surface area contributed by atoms with Crippen LogP contribution >= 0.6 is 23.1 Å². The van der Waals surface area contributed by atoms with Gasteiger partial charge in [0, 0.05) is 34.3 Å². The second kappa shape index (κ2) is 8.79. The maximum Gasteiger partial charge on any atom is 0.416 e. The van der Waals surface area contributed by atoms with Crippen molar-refractivity contribution in [2.24, 2.45) is 0 Å². The summed E-state index contributed by atoms with van der Waals surface area (Å²) in [5, 5.41) is 8.51. The fourth-order valence-corrected chi connectivity index (χ4v) is 4.33. The lowest BCUT2D eigenvalue weighted by Gasteiger charge is -2.12. The number of hydrogen-bond acceptors (Lipinski definition) is 4. The number of fused-ring (bicyclic) bond motifs is 1. The van der Waals surface area contributed by atoms with Gasteiger partial charge in [-0.25, -0.2) is 4.98 Å². The standard InChI is InChI=1S/C23H19F3N2S2/c1-29-20-7-4-16-10-18(22(28-21(16)11-20)17-8-9-30-14-17)13-27-12-15-2-5-19(6-3-15)23(24,25)26/h2-11,14,27H,12-13H2,1H3. The molecule has 30 heavy (non-hydrogen) atoms. The third kappa shape index (κ3) is 4.69. The smallest absolute Gasteiger partial charge is 0.309 e. The van der Waals surface area contributed by atoms with E-state index in [-0.39, 0.29) is 0 Å². The van der Waals surface area contributed by atoms with E-state index in [1.165, 1.54) is 17.0 Å². The molecule has 0 saturated heterocycles. The Hall–Kier alpha value is -2.35. The van der Waals surface area contributed by atoms with Crippen LogP contribution < -0.4 is 5.32 Å². The van der Waals surface area contributed by atoms with Gasteiger partial charge in [-0.15, -0.1) is 11.8 Å². The van der Waals surface area contributed by atoms with E-state index in [2.05, 4.69) is 41.0 Å². The monoisotopic (exact) mass is 444 g/mol. The minimum atomic E-state index is -4.31. The van der Waals surface area contributed by atoms with Crippen molar-refractivity contribution in [3.8, 4) is 11.3 Å². The minimum absolute atomic E-state index is 0.477. The largest absolute Gasteiger partial charge is 0.416 e. The van der Waals surface area contributed by atoms with Crippen LogP contribution in [0.4, 0.5) is 13.2 Å². The van der Waals surface area contributed by atoms with Crippen LogP contribution in [-0.2, 0) is 19.3 Å². The third-order valence-corrected chi connectivity index (χ3v) is 6.23. The number of nitrogens with one attached hydrogen (secondary N) is 1. The molecule has 0 aliphatic rings. The normalized spacial score (nSPS) is 11.9. The van der Waals surface area contributed by atoms with Crippen LogP contribution in [0, 0.1) is 0 Å². The molecule has 0 unspecified atom stereocenters. The van der Waals surface area contributed by atoms with Crippen LogP contribution in [0.2, 0.25) is 0 Å². The molecule has 0 aliphatic heterocycles. The Bertz CT molecular complexity index is 1140. The number of thioether (sulfide) groups is 1. The van der Waals surface area contributed by atoms with Crippen LogP contribution in [0.3, 0.4) is 0 Å². The topological polar surface area (TPSA) is 24.9 Å². The summed E-state index contributed by atoms with van der Waals surface area (Å²) in [5.41, 5.74) is 4.19. The Labute approximate surface area is 181 Å². The number of rotatable bonds is 6. The van der Waals surface area contributed by atoms with Crippen molar-refractivity contribution in [1.29, 1.82) is 0 Å². The number of halogens is 3. The summed E-state index contributed by atoms with van der Waals surface area (Å²) in [6.45, 7) is 1.05. The van der Waals surface area contributed by atoms with E-state index in [1.54, 1.807) is 23.1 Å². The molecule has 0 saturated carbocycles. The van der Waals surface area contributed by atoms with Gasteiger partial charge in [0.2, 0.25) is 0 Å². The lowest BCUT2D eigenvalue weighted by molar-refractivity contribution is -0.137. The van der Waals surface area contributed by atoms with Gasteiger partial charge in [-0.1, -0.05) is 18.2 Å². The molecule has 7 heteroatoms. The Morgan fingerprint density at radius 2 is 1.80 bits per heavy atom. The van der Waals surface area contributed by atoms with E-state index in [0.29, 0.717) is 13.1 Å². The third-order valence-electron chi connectivity index (χ3n) is 4.82. The average molecular weight is 445 g/mol. The van der Waals surface area contributed by atoms with Crippen LogP contribution in [0.1, 0.15) is 16.7 Å². The number of pyridine rings is 1. The minimum Gasteiger partial charge on any atom is -0.309 e. The Balaban J connectivity index is 1.56. The molecule has 154 valence electrons. The van der Waals surface area contributed by atoms with Crippen LogP contribution in [-0.4, -0.2) is 11.2 Å². The van der Waals surface area contributed by atoms with Crippen molar-refractivity contribution in [1.82, 2.24) is 10.3 Å². The zero-order valence-electron chi connectivity index (χ0n) is 16.2. The lowest BCUT2D eigenvalue weighted by atomic mass is 10.0. The van der Waals surface area contributed by atoms with Crippen molar-refractivity contribution in [3.05, 3.63) is 82.0 Å². The van der Waals surface area contributed by atoms with Gasteiger partial charge in [-0.05, 0) is 59.2 Å². The molecule has 0 fully saturated rings. The van der Waals surface area contributed by atoms with Gasteiger partial charge >= 0.3 is 6.18 Å². The number of benzene rings is 2. The van der Waals surface area contributed by atoms with Crippen molar-refractivity contribution in [3.63, 3.8) is 0 Å². The van der Waals surface area contributed by atoms with Gasteiger partial charge in [-0.2, -0.15) is 24.5 Å². The van der Waals surface area contributed by atoms with E-state index in [1.807, 2.05) is 11.6 Å². The molecule has 2 heterocycles. The quantitative estimate of drug-likeness (QED) is 0.324. The van der Waals surface area contributed by atoms with Crippen molar-refractivity contribution < 1.29 is 13.2 Å². The first kappa shape index (κ1) is 20.9. The highest BCUT2D eigenvalue weighted by Crippen LogP contribution is 2.30. The van der Waals surface area contributed by atoms with E-state index < -0.39 is 11.7 Å². The van der Waals surface area contributed by atoms with Gasteiger partial charge < -0.3 is 5.32 Å². The van der Waals surface area contributed by atoms with E-state index >= 15 is 0 Å². The molecule has 0 spiro atoms. The number of hydrogen-bond donors (Lipinski definition) is 1. The highest BCUT2D eigenvalue weighted by Gasteiger charge is 2.29. The Kier molecular flexibility index (Phi) is 6.13. The summed E-state index contributed by atoms with van der Waals surface area (Å²) < 4.78 is 38.2. The van der Waals surface area contributed by atoms with Gasteiger partial charge in [0.25, 0.3) is 0 Å². The lowest BCUT2D eigenvalue weighted by Crippen LogP contribution is -2.14. The van der Waals surface area contributed by atoms with E-state index in [9.17, 15) is 13.2 Å². The van der Waals surface area contributed by atoms with Crippen LogP contribution in [0.15, 0.2) is 70.3 Å². The Morgan fingerprint density at radius 3 is 2.47 bits per heavy atom. The van der Waals surface area contributed by atoms with Crippen molar-refractivity contribution >= 4 is 34.0 Å². The van der Waals surface area contributed by atoms with Gasteiger partial charge in [0.1, 0.15) is 0 Å². The van der Waals surface area contributed by atoms with Crippen LogP contribution in [0.25, 0.3) is 22.2 Å². The summed E-state index contributed by atoms with van der Waals surface area (Å²) in [6.07, 6.45) is -2.27. The van der Waals surface area contributed by atoms with Crippen LogP contribution in [0.5, 0.6) is 0 Å². The van der Waals surface area contributed by atoms with Crippen molar-refractivity contribution in [2.75, 3.05) is 6.26 Å². The number of thiophene rings is 1. The summed E-state index contributed by atoms with van der Waals surface area (Å²) in [6, 6.07) is 15.7. The predicted molar refractivity (Wildman–Crippen MR) is 119 cm³/mol. The SMILES string of the molecule is CSc1ccc2cc(CNCc3ccc(C(F)(F)F)cc3)c(-c3ccsc3)nc2c1. The number of alkyl halides is 3. The summed E-state index contributed by atoms with van der Waals surface area (Å²) in [5.74, 6) is 0. The molecule has 0 atom stereocenters. The molecule has 2 aromatic heterocycles. The molecule has 0 aliphatic carbocycles. The molecule has 0 bridgehead atoms. The van der Waals surface area contributed by atoms with Gasteiger partial charge in [-0.3, -0.25) is 0 Å². The first-order chi connectivity index (χ1) is 14.4. The van der Waals surface area contributed by atoms with E-state index in [0.717, 1.165) is 45.4 Å². The first-order valence-electron chi connectivity index (χ1n) is 9.31. The fraction of sp³-hybridized carbons (Fsp3) is 0.174. The number of aromatic nitrogens is 1.